The van der Waals surface area contributed by atoms with Gasteiger partial charge in [-0.25, -0.2) is 0 Å². The van der Waals surface area contributed by atoms with Gasteiger partial charge in [0.25, 0.3) is 0 Å². The first kappa shape index (κ1) is 14.7. The summed E-state index contributed by atoms with van der Waals surface area (Å²) in [7, 11) is 0. The van der Waals surface area contributed by atoms with Crippen LogP contribution in [0.1, 0.15) is 69.6 Å². The molecule has 0 amide bonds. The van der Waals surface area contributed by atoms with E-state index in [1.54, 1.807) is 16.9 Å². The van der Waals surface area contributed by atoms with E-state index in [9.17, 15) is 5.26 Å². The van der Waals surface area contributed by atoms with Crippen molar-refractivity contribution in [2.24, 2.45) is 0 Å². The summed E-state index contributed by atoms with van der Waals surface area (Å²) in [6.45, 7) is 8.91. The highest BCUT2D eigenvalue weighted by atomic mass is 32.1. The van der Waals surface area contributed by atoms with Crippen molar-refractivity contribution in [1.82, 2.24) is 0 Å². The number of ether oxygens (including phenoxy) is 1. The number of thiophene rings is 1. The van der Waals surface area contributed by atoms with Gasteiger partial charge in [0.2, 0.25) is 0 Å². The number of allylic oxidation sites excluding steroid dienone is 2. The molecule has 2 heterocycles. The van der Waals surface area contributed by atoms with Gasteiger partial charge in [0.05, 0.1) is 4.88 Å². The summed E-state index contributed by atoms with van der Waals surface area (Å²) in [5.74, 6) is 0.958. The molecule has 112 valence electrons. The van der Waals surface area contributed by atoms with E-state index in [0.29, 0.717) is 0 Å². The molecular formula is C18H23NOS. The molecule has 1 unspecified atom stereocenters. The molecule has 1 aromatic rings. The third-order valence-corrected chi connectivity index (χ3v) is 6.25. The first-order valence-corrected chi connectivity index (χ1v) is 8.56. The van der Waals surface area contributed by atoms with Crippen LogP contribution in [-0.4, -0.2) is 5.60 Å². The zero-order valence-corrected chi connectivity index (χ0v) is 14.2. The summed E-state index contributed by atoms with van der Waals surface area (Å²) in [5, 5.41) is 9.25. The molecule has 0 fully saturated rings. The van der Waals surface area contributed by atoms with E-state index in [4.69, 9.17) is 4.74 Å². The van der Waals surface area contributed by atoms with Crippen LogP contribution in [-0.2, 0) is 5.41 Å². The van der Waals surface area contributed by atoms with E-state index in [1.165, 1.54) is 29.7 Å². The Labute approximate surface area is 131 Å². The van der Waals surface area contributed by atoms with Crippen molar-refractivity contribution < 1.29 is 4.74 Å². The molecule has 0 radical (unpaired) electrons. The van der Waals surface area contributed by atoms with Gasteiger partial charge in [-0.15, -0.1) is 11.3 Å². The Hall–Kier alpha value is -1.27. The lowest BCUT2D eigenvalue weighted by Crippen LogP contribution is -2.43. The van der Waals surface area contributed by atoms with Gasteiger partial charge >= 0.3 is 0 Å². The summed E-state index contributed by atoms with van der Waals surface area (Å²) in [4.78, 5) is 2.09. The molecule has 2 aliphatic rings. The predicted molar refractivity (Wildman–Crippen MR) is 86.9 cm³/mol. The Morgan fingerprint density at radius 1 is 1.29 bits per heavy atom. The molecule has 2 nitrogen and oxygen atoms in total. The van der Waals surface area contributed by atoms with E-state index in [-0.39, 0.29) is 11.0 Å². The van der Waals surface area contributed by atoms with Gasteiger partial charge in [-0.2, -0.15) is 5.26 Å². The van der Waals surface area contributed by atoms with Gasteiger partial charge in [0.15, 0.2) is 0 Å². The fourth-order valence-electron chi connectivity index (χ4n) is 4.10. The largest absolute Gasteiger partial charge is 0.487 e. The lowest BCUT2D eigenvalue weighted by atomic mass is 9.69. The third-order valence-electron chi connectivity index (χ3n) is 4.98. The van der Waals surface area contributed by atoms with Crippen LogP contribution >= 0.6 is 11.3 Å². The Morgan fingerprint density at radius 2 is 2.05 bits per heavy atom. The number of nitriles is 1. The van der Waals surface area contributed by atoms with E-state index >= 15 is 0 Å². The third kappa shape index (κ3) is 2.51. The fourth-order valence-corrected chi connectivity index (χ4v) is 5.20. The summed E-state index contributed by atoms with van der Waals surface area (Å²) in [5.41, 5.74) is 3.09. The molecule has 1 aromatic heterocycles. The van der Waals surface area contributed by atoms with Gasteiger partial charge in [-0.1, -0.05) is 11.1 Å². The normalized spacial score (nSPS) is 27.8. The Morgan fingerprint density at radius 3 is 2.76 bits per heavy atom. The number of nitrogens with zero attached hydrogens (tertiary/aromatic N) is 1. The van der Waals surface area contributed by atoms with E-state index in [0.717, 1.165) is 23.5 Å². The highest BCUT2D eigenvalue weighted by Gasteiger charge is 2.47. The smallest absolute Gasteiger partial charge is 0.135 e. The standard InChI is InChI=1S/C18H23NOS/c1-12-6-5-7-18(9-13(12)2)11-17(3,4)20-15-8-14(10-19)21-16(15)18/h8H,5-7,9,11H2,1-4H3. The van der Waals surface area contributed by atoms with Crippen molar-refractivity contribution in [2.75, 3.05) is 0 Å². The molecule has 0 saturated carbocycles. The predicted octanol–water partition coefficient (Wildman–Crippen LogP) is 5.33. The molecule has 0 aromatic carbocycles. The monoisotopic (exact) mass is 301 g/mol. The van der Waals surface area contributed by atoms with Crippen LogP contribution in [0.15, 0.2) is 17.2 Å². The van der Waals surface area contributed by atoms with Crippen LogP contribution < -0.4 is 4.74 Å². The Kier molecular flexibility index (Phi) is 3.41. The molecule has 3 rings (SSSR count). The SMILES string of the molecule is CC1=C(C)CC2(CCC1)CC(C)(C)Oc1cc(C#N)sc12. The summed E-state index contributed by atoms with van der Waals surface area (Å²) in [6.07, 6.45) is 5.80. The second-order valence-corrected chi connectivity index (χ2v) is 8.38. The van der Waals surface area contributed by atoms with Gasteiger partial charge in [0.1, 0.15) is 22.3 Å². The quantitative estimate of drug-likeness (QED) is 0.607. The van der Waals surface area contributed by atoms with Crippen molar-refractivity contribution in [3.05, 3.63) is 27.0 Å². The van der Waals surface area contributed by atoms with Gasteiger partial charge in [-0.3, -0.25) is 0 Å². The second-order valence-electron chi connectivity index (χ2n) is 7.33. The number of hydrogen-bond donors (Lipinski definition) is 0. The fraction of sp³-hybridized carbons (Fsp3) is 0.611. The lowest BCUT2D eigenvalue weighted by molar-refractivity contribution is 0.0435. The van der Waals surface area contributed by atoms with Gasteiger partial charge < -0.3 is 4.74 Å². The maximum atomic E-state index is 9.25. The molecule has 1 spiro atoms. The Bertz CT molecular complexity index is 647. The Balaban J connectivity index is 2.13. The first-order valence-electron chi connectivity index (χ1n) is 7.74. The lowest BCUT2D eigenvalue weighted by Gasteiger charge is -2.44. The van der Waals surface area contributed by atoms with Crippen LogP contribution in [0.4, 0.5) is 0 Å². The minimum Gasteiger partial charge on any atom is -0.487 e. The number of fused-ring (bicyclic) bond motifs is 2. The molecule has 1 aliphatic carbocycles. The zero-order chi connectivity index (χ0) is 15.3. The maximum Gasteiger partial charge on any atom is 0.135 e. The van der Waals surface area contributed by atoms with Crippen LogP contribution in [0, 0.1) is 11.3 Å². The van der Waals surface area contributed by atoms with Crippen molar-refractivity contribution in [2.45, 2.75) is 70.8 Å². The summed E-state index contributed by atoms with van der Waals surface area (Å²) < 4.78 is 6.18. The van der Waals surface area contributed by atoms with Crippen LogP contribution in [0.2, 0.25) is 0 Å². The van der Waals surface area contributed by atoms with Crippen molar-refractivity contribution >= 4 is 11.3 Å². The van der Waals surface area contributed by atoms with Crippen LogP contribution in [0.25, 0.3) is 0 Å². The average Bonchev–Trinajstić information content (AvgIpc) is 2.74. The zero-order valence-electron chi connectivity index (χ0n) is 13.4. The molecule has 1 atom stereocenters. The minimum atomic E-state index is -0.153. The van der Waals surface area contributed by atoms with Crippen LogP contribution in [0.3, 0.4) is 0 Å². The van der Waals surface area contributed by atoms with Crippen molar-refractivity contribution in [1.29, 1.82) is 5.26 Å². The maximum absolute atomic E-state index is 9.25. The molecule has 1 aliphatic heterocycles. The van der Waals surface area contributed by atoms with E-state index in [1.807, 2.05) is 6.07 Å². The molecular weight excluding hydrogens is 278 g/mol. The van der Waals surface area contributed by atoms with Crippen molar-refractivity contribution in [3.63, 3.8) is 0 Å². The highest BCUT2D eigenvalue weighted by molar-refractivity contribution is 7.13. The molecule has 0 N–H and O–H groups in total. The molecule has 21 heavy (non-hydrogen) atoms. The minimum absolute atomic E-state index is 0.153. The van der Waals surface area contributed by atoms with E-state index in [2.05, 4.69) is 33.8 Å². The highest BCUT2D eigenvalue weighted by Crippen LogP contribution is 2.55. The summed E-state index contributed by atoms with van der Waals surface area (Å²) >= 11 is 1.65. The average molecular weight is 301 g/mol. The van der Waals surface area contributed by atoms with Crippen molar-refractivity contribution in [3.8, 4) is 11.8 Å². The van der Waals surface area contributed by atoms with E-state index < -0.39 is 0 Å². The van der Waals surface area contributed by atoms with Crippen LogP contribution in [0.5, 0.6) is 5.75 Å². The number of rotatable bonds is 0. The molecule has 0 saturated heterocycles. The summed E-state index contributed by atoms with van der Waals surface area (Å²) in [6, 6.07) is 4.24. The number of hydrogen-bond acceptors (Lipinski definition) is 3. The van der Waals surface area contributed by atoms with Gasteiger partial charge in [0, 0.05) is 11.5 Å². The molecule has 0 bridgehead atoms. The second kappa shape index (κ2) is 4.88. The topological polar surface area (TPSA) is 33.0 Å². The molecule has 3 heteroatoms. The first-order chi connectivity index (χ1) is 9.85. The van der Waals surface area contributed by atoms with Gasteiger partial charge in [-0.05, 0) is 59.8 Å².